The topological polar surface area (TPSA) is 47.9 Å². The van der Waals surface area contributed by atoms with Gasteiger partial charge in [0.25, 0.3) is 0 Å². The highest BCUT2D eigenvalue weighted by Gasteiger charge is 2.64. The van der Waals surface area contributed by atoms with E-state index in [0.717, 1.165) is 25.7 Å². The molecule has 3 fully saturated rings. The Morgan fingerprint density at radius 1 is 1.07 bits per heavy atom. The van der Waals surface area contributed by atoms with Gasteiger partial charge in [0.15, 0.2) is 14.1 Å². The van der Waals surface area contributed by atoms with Crippen LogP contribution in [0.25, 0.3) is 0 Å². The number of unbranched alkanes of at least 4 members (excludes halogenated alkanes) is 4. The molecule has 3 rings (SSSR count). The summed E-state index contributed by atoms with van der Waals surface area (Å²) >= 11 is 0. The second-order valence-corrected chi connectivity index (χ2v) is 16.5. The van der Waals surface area contributed by atoms with Crippen LogP contribution < -0.4 is 0 Å². The first-order chi connectivity index (χ1) is 14.1. The fourth-order valence-electron chi connectivity index (χ4n) is 5.64. The zero-order valence-corrected chi connectivity index (χ0v) is 21.5. The monoisotopic (exact) mass is 440 g/mol. The van der Waals surface area contributed by atoms with E-state index in [1.54, 1.807) is 0 Å². The minimum atomic E-state index is -1.78. The normalized spacial score (nSPS) is 31.7. The zero-order chi connectivity index (χ0) is 22.0. The van der Waals surface area contributed by atoms with Crippen LogP contribution in [0.1, 0.15) is 91.9 Å². The largest absolute Gasteiger partial charge is 0.414 e. The van der Waals surface area contributed by atoms with Crippen LogP contribution in [0.2, 0.25) is 18.1 Å². The SMILES string of the molecule is CCCCCCCC(CCC1CC2C(CC23OCCO3)C1O)O[Si](C)(C)C(C)(C)C. The Labute approximate surface area is 186 Å². The van der Waals surface area contributed by atoms with Gasteiger partial charge in [-0.05, 0) is 55.7 Å². The molecule has 1 spiro atoms. The summed E-state index contributed by atoms with van der Waals surface area (Å²) in [5.74, 6) is 0.796. The lowest BCUT2D eigenvalue weighted by Crippen LogP contribution is -2.54. The molecule has 0 aromatic carbocycles. The molecule has 5 heteroatoms. The van der Waals surface area contributed by atoms with Gasteiger partial charge in [-0.15, -0.1) is 0 Å². The Balaban J connectivity index is 1.53. The lowest BCUT2D eigenvalue weighted by molar-refractivity contribution is -0.275. The highest BCUT2D eigenvalue weighted by molar-refractivity contribution is 6.74. The number of rotatable bonds is 11. The standard InChI is InChI=1S/C25H48O4Si/c1-7-8-9-10-11-12-20(29-30(5,6)24(2,3)4)14-13-19-17-22-21(23(19)26)18-25(22)27-15-16-28-25/h19-23,26H,7-18H2,1-6H3. The molecule has 4 nitrogen and oxygen atoms in total. The van der Waals surface area contributed by atoms with Crippen molar-refractivity contribution in [2.24, 2.45) is 17.8 Å². The molecule has 5 unspecified atom stereocenters. The van der Waals surface area contributed by atoms with E-state index in [1.165, 1.54) is 38.5 Å². The number of ether oxygens (including phenoxy) is 2. The highest BCUT2D eigenvalue weighted by Crippen LogP contribution is 2.59. The van der Waals surface area contributed by atoms with Crippen LogP contribution in [0, 0.1) is 17.8 Å². The number of aliphatic hydroxyl groups excluding tert-OH is 1. The zero-order valence-electron chi connectivity index (χ0n) is 20.5. The summed E-state index contributed by atoms with van der Waals surface area (Å²) in [6.07, 6.45) is 12.0. The van der Waals surface area contributed by atoms with Crippen LogP contribution >= 0.6 is 0 Å². The highest BCUT2D eigenvalue weighted by atomic mass is 28.4. The van der Waals surface area contributed by atoms with Gasteiger partial charge in [0.1, 0.15) is 0 Å². The van der Waals surface area contributed by atoms with Crippen LogP contribution in [0.4, 0.5) is 0 Å². The van der Waals surface area contributed by atoms with Gasteiger partial charge in [0.05, 0.1) is 19.3 Å². The molecule has 0 aromatic heterocycles. The Kier molecular flexibility index (Phi) is 8.15. The fraction of sp³-hybridized carbons (Fsp3) is 1.00. The lowest BCUT2D eigenvalue weighted by Gasteiger charge is -2.48. The molecular weight excluding hydrogens is 392 g/mol. The van der Waals surface area contributed by atoms with Gasteiger partial charge in [-0.1, -0.05) is 59.8 Å². The molecule has 1 aliphatic heterocycles. The van der Waals surface area contributed by atoms with Crippen molar-refractivity contribution < 1.29 is 19.0 Å². The fourth-order valence-corrected chi connectivity index (χ4v) is 7.06. The quantitative estimate of drug-likeness (QED) is 0.303. The first kappa shape index (κ1) is 24.7. The van der Waals surface area contributed by atoms with Gasteiger partial charge < -0.3 is 19.0 Å². The summed E-state index contributed by atoms with van der Waals surface area (Å²) in [7, 11) is -1.78. The Morgan fingerprint density at radius 3 is 2.37 bits per heavy atom. The summed E-state index contributed by atoms with van der Waals surface area (Å²) in [5, 5.41) is 11.2. The summed E-state index contributed by atoms with van der Waals surface area (Å²) in [6.45, 7) is 15.4. The van der Waals surface area contributed by atoms with E-state index in [4.69, 9.17) is 13.9 Å². The third-order valence-electron chi connectivity index (χ3n) is 8.61. The second-order valence-electron chi connectivity index (χ2n) is 11.8. The maximum atomic E-state index is 10.9. The minimum absolute atomic E-state index is 0.188. The summed E-state index contributed by atoms with van der Waals surface area (Å²) in [6, 6.07) is 0. The van der Waals surface area contributed by atoms with E-state index in [0.29, 0.717) is 37.1 Å². The van der Waals surface area contributed by atoms with E-state index in [2.05, 4.69) is 40.8 Å². The minimum Gasteiger partial charge on any atom is -0.414 e. The summed E-state index contributed by atoms with van der Waals surface area (Å²) in [5.41, 5.74) is 0. The van der Waals surface area contributed by atoms with Gasteiger partial charge in [-0.2, -0.15) is 0 Å². The summed E-state index contributed by atoms with van der Waals surface area (Å²) < 4.78 is 18.8. The van der Waals surface area contributed by atoms with E-state index in [9.17, 15) is 5.11 Å². The molecule has 2 aliphatic carbocycles. The predicted octanol–water partition coefficient (Wildman–Crippen LogP) is 6.28. The van der Waals surface area contributed by atoms with Crippen LogP contribution in [-0.4, -0.2) is 44.6 Å². The van der Waals surface area contributed by atoms with E-state index >= 15 is 0 Å². The maximum Gasteiger partial charge on any atom is 0.192 e. The molecule has 2 saturated carbocycles. The third kappa shape index (κ3) is 5.33. The van der Waals surface area contributed by atoms with Crippen molar-refractivity contribution in [3.8, 4) is 0 Å². The average Bonchev–Trinajstić information content (AvgIpc) is 3.24. The molecule has 0 aromatic rings. The van der Waals surface area contributed by atoms with Crippen molar-refractivity contribution in [3.63, 3.8) is 0 Å². The molecule has 1 heterocycles. The first-order valence-corrected chi connectivity index (χ1v) is 15.6. The van der Waals surface area contributed by atoms with Crippen molar-refractivity contribution in [3.05, 3.63) is 0 Å². The van der Waals surface area contributed by atoms with Crippen LogP contribution in [0.3, 0.4) is 0 Å². The number of hydrogen-bond acceptors (Lipinski definition) is 4. The molecule has 0 radical (unpaired) electrons. The predicted molar refractivity (Wildman–Crippen MR) is 125 cm³/mol. The van der Waals surface area contributed by atoms with Crippen molar-refractivity contribution in [1.82, 2.24) is 0 Å². The molecule has 30 heavy (non-hydrogen) atoms. The number of aliphatic hydroxyl groups is 1. The van der Waals surface area contributed by atoms with E-state index in [1.807, 2.05) is 0 Å². The molecule has 0 bridgehead atoms. The van der Waals surface area contributed by atoms with Gasteiger partial charge >= 0.3 is 0 Å². The van der Waals surface area contributed by atoms with E-state index in [-0.39, 0.29) is 16.9 Å². The van der Waals surface area contributed by atoms with Crippen molar-refractivity contribution in [2.45, 2.75) is 128 Å². The van der Waals surface area contributed by atoms with Crippen molar-refractivity contribution >= 4 is 8.32 Å². The average molecular weight is 441 g/mol. The third-order valence-corrected chi connectivity index (χ3v) is 13.1. The Morgan fingerprint density at radius 2 is 1.73 bits per heavy atom. The maximum absolute atomic E-state index is 10.9. The number of fused-ring (bicyclic) bond motifs is 2. The van der Waals surface area contributed by atoms with Gasteiger partial charge in [0.2, 0.25) is 0 Å². The Hall–Kier alpha value is 0.0569. The van der Waals surface area contributed by atoms with E-state index < -0.39 is 8.32 Å². The first-order valence-electron chi connectivity index (χ1n) is 12.7. The number of hydrogen-bond donors (Lipinski definition) is 1. The lowest BCUT2D eigenvalue weighted by atomic mass is 9.69. The van der Waals surface area contributed by atoms with Gasteiger partial charge in [0, 0.05) is 18.4 Å². The molecule has 1 N–H and O–H groups in total. The smallest absolute Gasteiger partial charge is 0.192 e. The summed E-state index contributed by atoms with van der Waals surface area (Å²) in [4.78, 5) is 0. The van der Waals surface area contributed by atoms with Crippen LogP contribution in [0.5, 0.6) is 0 Å². The Bertz CT molecular complexity index is 538. The second kappa shape index (κ2) is 9.90. The molecule has 1 saturated heterocycles. The molecule has 0 amide bonds. The van der Waals surface area contributed by atoms with Gasteiger partial charge in [-0.3, -0.25) is 0 Å². The molecule has 3 aliphatic rings. The van der Waals surface area contributed by atoms with Gasteiger partial charge in [-0.25, -0.2) is 0 Å². The van der Waals surface area contributed by atoms with Crippen molar-refractivity contribution in [1.29, 1.82) is 0 Å². The van der Waals surface area contributed by atoms with Crippen molar-refractivity contribution in [2.75, 3.05) is 13.2 Å². The molecular formula is C25H48O4Si. The molecule has 176 valence electrons. The van der Waals surface area contributed by atoms with Crippen LogP contribution in [0.15, 0.2) is 0 Å². The molecule has 5 atom stereocenters. The van der Waals surface area contributed by atoms with Crippen LogP contribution in [-0.2, 0) is 13.9 Å².